The smallest absolute Gasteiger partial charge is 0.265 e. The molecule has 4 rings (SSSR count). The Morgan fingerprint density at radius 1 is 1.03 bits per heavy atom. The van der Waals surface area contributed by atoms with Gasteiger partial charge in [-0.25, -0.2) is 10.1 Å². The highest BCUT2D eigenvalue weighted by Crippen LogP contribution is 2.24. The number of nitrogens with one attached hydrogen (secondary N) is 1. The molecule has 0 atom stereocenters. The second-order valence-electron chi connectivity index (χ2n) is 7.03. The first-order valence-electron chi connectivity index (χ1n) is 9.82. The average molecular weight is 425 g/mol. The predicted octanol–water partition coefficient (Wildman–Crippen LogP) is 4.52. The fraction of sp³-hybridized carbons (Fsp3) is 0.0417. The van der Waals surface area contributed by atoms with Gasteiger partial charge in [0, 0.05) is 22.8 Å². The van der Waals surface area contributed by atoms with Crippen LogP contribution in [-0.4, -0.2) is 26.8 Å². The molecule has 0 unspecified atom stereocenters. The van der Waals surface area contributed by atoms with Crippen LogP contribution >= 0.6 is 0 Å². The van der Waals surface area contributed by atoms with Gasteiger partial charge in [0.15, 0.2) is 5.69 Å². The van der Waals surface area contributed by atoms with Gasteiger partial charge in [-0.3, -0.25) is 14.9 Å². The topological polar surface area (TPSA) is 102 Å². The molecular formula is C24H19N5O3. The maximum atomic E-state index is 12.7. The van der Waals surface area contributed by atoms with Gasteiger partial charge < -0.3 is 0 Å². The first-order valence-corrected chi connectivity index (χ1v) is 9.82. The number of aromatic nitrogens is 2. The molecule has 0 aliphatic carbocycles. The van der Waals surface area contributed by atoms with Crippen molar-refractivity contribution in [3.8, 4) is 16.9 Å². The van der Waals surface area contributed by atoms with E-state index in [0.29, 0.717) is 11.1 Å². The molecule has 4 aromatic rings. The Labute approximate surface area is 184 Å². The molecule has 1 aromatic heterocycles. The summed E-state index contributed by atoms with van der Waals surface area (Å²) in [5.41, 5.74) is 6.18. The van der Waals surface area contributed by atoms with Gasteiger partial charge in [0.05, 0.1) is 22.5 Å². The van der Waals surface area contributed by atoms with Crippen molar-refractivity contribution in [3.05, 3.63) is 112 Å². The average Bonchev–Trinajstić information content (AvgIpc) is 3.27. The molecule has 8 nitrogen and oxygen atoms in total. The zero-order chi connectivity index (χ0) is 22.5. The molecule has 0 saturated carbocycles. The zero-order valence-electron chi connectivity index (χ0n) is 17.2. The van der Waals surface area contributed by atoms with Gasteiger partial charge in [-0.15, -0.1) is 0 Å². The van der Waals surface area contributed by atoms with Crippen molar-refractivity contribution in [2.75, 3.05) is 0 Å². The minimum Gasteiger partial charge on any atom is -0.265 e. The van der Waals surface area contributed by atoms with Crippen molar-refractivity contribution in [3.63, 3.8) is 0 Å². The number of hydrazone groups is 1. The maximum Gasteiger partial charge on any atom is 0.291 e. The number of nitrogens with zero attached hydrogens (tertiary/aromatic N) is 4. The van der Waals surface area contributed by atoms with Crippen LogP contribution in [0.4, 0.5) is 5.69 Å². The molecule has 0 fully saturated rings. The van der Waals surface area contributed by atoms with Crippen molar-refractivity contribution in [1.29, 1.82) is 0 Å². The van der Waals surface area contributed by atoms with Gasteiger partial charge >= 0.3 is 0 Å². The molecule has 1 amide bonds. The Morgan fingerprint density at radius 2 is 1.72 bits per heavy atom. The van der Waals surface area contributed by atoms with E-state index < -0.39 is 10.8 Å². The number of aryl methyl sites for hydroxylation is 1. The lowest BCUT2D eigenvalue weighted by Gasteiger charge is -2.07. The summed E-state index contributed by atoms with van der Waals surface area (Å²) >= 11 is 0. The number of hydrogen-bond donors (Lipinski definition) is 1. The third-order valence-electron chi connectivity index (χ3n) is 4.82. The number of benzene rings is 3. The monoisotopic (exact) mass is 425 g/mol. The van der Waals surface area contributed by atoms with Gasteiger partial charge in [0.25, 0.3) is 11.6 Å². The molecule has 0 bridgehead atoms. The Kier molecular flexibility index (Phi) is 5.85. The molecule has 0 aliphatic heterocycles. The van der Waals surface area contributed by atoms with Crippen LogP contribution in [-0.2, 0) is 0 Å². The van der Waals surface area contributed by atoms with Gasteiger partial charge in [-0.2, -0.15) is 10.2 Å². The fourth-order valence-electron chi connectivity index (χ4n) is 3.20. The summed E-state index contributed by atoms with van der Waals surface area (Å²) in [4.78, 5) is 23.3. The summed E-state index contributed by atoms with van der Waals surface area (Å²) in [6, 6.07) is 25.6. The molecule has 0 aliphatic rings. The number of rotatable bonds is 6. The largest absolute Gasteiger partial charge is 0.291 e. The molecular weight excluding hydrogens is 406 g/mol. The quantitative estimate of drug-likeness (QED) is 0.279. The Balaban J connectivity index is 1.59. The van der Waals surface area contributed by atoms with Crippen molar-refractivity contribution < 1.29 is 9.72 Å². The molecule has 8 heteroatoms. The molecule has 0 spiro atoms. The van der Waals surface area contributed by atoms with Gasteiger partial charge in [0.2, 0.25) is 0 Å². The third-order valence-corrected chi connectivity index (χ3v) is 4.82. The second-order valence-corrected chi connectivity index (χ2v) is 7.03. The van der Waals surface area contributed by atoms with Crippen molar-refractivity contribution in [2.24, 2.45) is 5.10 Å². The summed E-state index contributed by atoms with van der Waals surface area (Å²) in [5, 5.41) is 19.5. The van der Waals surface area contributed by atoms with Crippen molar-refractivity contribution >= 4 is 17.8 Å². The van der Waals surface area contributed by atoms with Crippen LogP contribution in [0.3, 0.4) is 0 Å². The number of carbonyl (C=O) groups excluding carboxylic acids is 1. The Bertz CT molecular complexity index is 1240. The minimum atomic E-state index is -0.491. The van der Waals surface area contributed by atoms with Crippen LogP contribution < -0.4 is 5.43 Å². The van der Waals surface area contributed by atoms with Crippen LogP contribution in [0.2, 0.25) is 0 Å². The Morgan fingerprint density at radius 3 is 2.41 bits per heavy atom. The molecule has 3 aromatic carbocycles. The molecule has 158 valence electrons. The lowest BCUT2D eigenvalue weighted by atomic mass is 10.1. The fourth-order valence-corrected chi connectivity index (χ4v) is 3.20. The van der Waals surface area contributed by atoms with E-state index in [2.05, 4.69) is 15.6 Å². The number of carbonyl (C=O) groups is 1. The van der Waals surface area contributed by atoms with Gasteiger partial charge in [-0.05, 0) is 25.1 Å². The highest BCUT2D eigenvalue weighted by molar-refractivity contribution is 5.94. The number of hydrogen-bond acceptors (Lipinski definition) is 5. The summed E-state index contributed by atoms with van der Waals surface area (Å²) in [6.07, 6.45) is 1.36. The van der Waals surface area contributed by atoms with Crippen molar-refractivity contribution in [1.82, 2.24) is 15.2 Å². The first kappa shape index (κ1) is 20.7. The molecule has 32 heavy (non-hydrogen) atoms. The van der Waals surface area contributed by atoms with E-state index in [9.17, 15) is 14.9 Å². The van der Waals surface area contributed by atoms with E-state index in [1.54, 1.807) is 29.8 Å². The first-order chi connectivity index (χ1) is 15.5. The standard InChI is InChI=1S/C24H19N5O3/c1-17-12-13-18(14-22(17)29(31)32)16-25-26-24(30)21-15-23(19-8-4-2-5-9-19)28(27-21)20-10-6-3-7-11-20/h2-16H,1H3,(H,26,30)/b25-16-. The van der Waals surface area contributed by atoms with E-state index >= 15 is 0 Å². The van der Waals surface area contributed by atoms with Crippen LogP contribution in [0, 0.1) is 17.0 Å². The predicted molar refractivity (Wildman–Crippen MR) is 122 cm³/mol. The van der Waals surface area contributed by atoms with Gasteiger partial charge in [0.1, 0.15) is 0 Å². The summed E-state index contributed by atoms with van der Waals surface area (Å²) in [6.45, 7) is 1.66. The van der Waals surface area contributed by atoms with Crippen LogP contribution in [0.1, 0.15) is 21.6 Å². The summed E-state index contributed by atoms with van der Waals surface area (Å²) in [7, 11) is 0. The lowest BCUT2D eigenvalue weighted by Crippen LogP contribution is -2.18. The van der Waals surface area contributed by atoms with E-state index in [0.717, 1.165) is 16.9 Å². The maximum absolute atomic E-state index is 12.7. The van der Waals surface area contributed by atoms with E-state index in [1.165, 1.54) is 12.3 Å². The summed E-state index contributed by atoms with van der Waals surface area (Å²) < 4.78 is 1.71. The number of amides is 1. The van der Waals surface area contributed by atoms with E-state index in [-0.39, 0.29) is 11.4 Å². The molecule has 0 radical (unpaired) electrons. The lowest BCUT2D eigenvalue weighted by molar-refractivity contribution is -0.385. The number of nitro benzene ring substituents is 1. The van der Waals surface area contributed by atoms with Gasteiger partial charge in [-0.1, -0.05) is 60.7 Å². The normalized spacial score (nSPS) is 10.9. The van der Waals surface area contributed by atoms with Crippen LogP contribution in [0.5, 0.6) is 0 Å². The van der Waals surface area contributed by atoms with E-state index in [4.69, 9.17) is 0 Å². The third kappa shape index (κ3) is 4.44. The second kappa shape index (κ2) is 9.05. The SMILES string of the molecule is Cc1ccc(/C=N\NC(=O)c2cc(-c3ccccc3)n(-c3ccccc3)n2)cc1[N+](=O)[O-]. The van der Waals surface area contributed by atoms with Crippen LogP contribution in [0.15, 0.2) is 90.0 Å². The molecule has 0 saturated heterocycles. The highest BCUT2D eigenvalue weighted by atomic mass is 16.6. The van der Waals surface area contributed by atoms with Crippen LogP contribution in [0.25, 0.3) is 16.9 Å². The molecule has 1 N–H and O–H groups in total. The molecule has 1 heterocycles. The highest BCUT2D eigenvalue weighted by Gasteiger charge is 2.16. The van der Waals surface area contributed by atoms with Crippen molar-refractivity contribution in [2.45, 2.75) is 6.92 Å². The Hall–Kier alpha value is -4.59. The number of nitro groups is 1. The summed E-state index contributed by atoms with van der Waals surface area (Å²) in [5.74, 6) is -0.491. The zero-order valence-corrected chi connectivity index (χ0v) is 17.2. The van der Waals surface area contributed by atoms with E-state index in [1.807, 2.05) is 60.7 Å². The number of para-hydroxylation sites is 1. The minimum absolute atomic E-state index is 0.00520.